The third-order valence-corrected chi connectivity index (χ3v) is 4.88. The normalized spacial score (nSPS) is 13.5. The van der Waals surface area contributed by atoms with Crippen LogP contribution in [0.25, 0.3) is 0 Å². The minimum atomic E-state index is -0.433. The van der Waals surface area contributed by atoms with Crippen molar-refractivity contribution in [1.82, 2.24) is 9.80 Å². The summed E-state index contributed by atoms with van der Waals surface area (Å²) in [7, 11) is 1.51. The van der Waals surface area contributed by atoms with Gasteiger partial charge >= 0.3 is 6.03 Å². The molecule has 4 amide bonds. The highest BCUT2D eigenvalue weighted by Gasteiger charge is 2.33. The zero-order valence-corrected chi connectivity index (χ0v) is 17.5. The number of carbonyl (C=O) groups excluding carboxylic acids is 3. The number of rotatable bonds is 7. The van der Waals surface area contributed by atoms with Crippen molar-refractivity contribution in [3.05, 3.63) is 59.9 Å². The molecule has 1 N–H and O–H groups in total. The molecule has 9 heteroatoms. The first kappa shape index (κ1) is 22.2. The minimum Gasteiger partial charge on any atom is -0.383 e. The van der Waals surface area contributed by atoms with Crippen molar-refractivity contribution in [2.75, 3.05) is 50.2 Å². The lowest BCUT2D eigenvalue weighted by Crippen LogP contribution is -2.45. The van der Waals surface area contributed by atoms with Gasteiger partial charge in [-0.2, -0.15) is 0 Å². The van der Waals surface area contributed by atoms with Crippen molar-refractivity contribution in [1.29, 1.82) is 0 Å². The number of ether oxygens (including phenoxy) is 1. The van der Waals surface area contributed by atoms with Crippen LogP contribution in [0.3, 0.4) is 0 Å². The van der Waals surface area contributed by atoms with E-state index in [1.54, 1.807) is 6.07 Å². The molecular weight excluding hydrogens is 403 g/mol. The Balaban J connectivity index is 1.65. The second-order valence-corrected chi connectivity index (χ2v) is 7.25. The summed E-state index contributed by atoms with van der Waals surface area (Å²) in [5.41, 5.74) is 2.13. The molecule has 164 valence electrons. The van der Waals surface area contributed by atoms with Crippen LogP contribution in [-0.4, -0.2) is 67.7 Å². The summed E-state index contributed by atoms with van der Waals surface area (Å²) in [5.74, 6) is -1.04. The van der Waals surface area contributed by atoms with Crippen LogP contribution in [-0.2, 0) is 14.3 Å². The van der Waals surface area contributed by atoms with Gasteiger partial charge in [-0.3, -0.25) is 14.5 Å². The van der Waals surface area contributed by atoms with Gasteiger partial charge in [-0.1, -0.05) is 12.1 Å². The number of hydrogen-bond donors (Lipinski definition) is 1. The van der Waals surface area contributed by atoms with Gasteiger partial charge in [0.2, 0.25) is 11.8 Å². The van der Waals surface area contributed by atoms with Crippen LogP contribution < -0.4 is 10.2 Å². The van der Waals surface area contributed by atoms with E-state index in [9.17, 15) is 18.8 Å². The van der Waals surface area contributed by atoms with E-state index in [1.807, 2.05) is 25.1 Å². The van der Waals surface area contributed by atoms with Gasteiger partial charge in [-0.05, 0) is 48.9 Å². The average molecular weight is 428 g/mol. The third-order valence-electron chi connectivity index (χ3n) is 4.88. The largest absolute Gasteiger partial charge is 0.383 e. The molecule has 0 saturated carbocycles. The molecule has 3 rings (SSSR count). The molecule has 0 bridgehead atoms. The Bertz CT molecular complexity index is 951. The number of benzene rings is 2. The monoisotopic (exact) mass is 428 g/mol. The lowest BCUT2D eigenvalue weighted by Gasteiger charge is -2.25. The third kappa shape index (κ3) is 5.79. The van der Waals surface area contributed by atoms with Gasteiger partial charge in [-0.25, -0.2) is 9.18 Å². The summed E-state index contributed by atoms with van der Waals surface area (Å²) in [4.78, 5) is 42.1. The number of nitrogens with zero attached hydrogens (tertiary/aromatic N) is 3. The molecule has 1 aliphatic heterocycles. The van der Waals surface area contributed by atoms with Crippen molar-refractivity contribution in [3.8, 4) is 0 Å². The lowest BCUT2D eigenvalue weighted by molar-refractivity contribution is -0.132. The maximum Gasteiger partial charge on any atom is 0.322 e. The molecule has 0 atom stereocenters. The zero-order chi connectivity index (χ0) is 22.4. The van der Waals surface area contributed by atoms with Crippen LogP contribution in [0.2, 0.25) is 0 Å². The second-order valence-electron chi connectivity index (χ2n) is 7.25. The van der Waals surface area contributed by atoms with Gasteiger partial charge in [0.1, 0.15) is 25.6 Å². The van der Waals surface area contributed by atoms with Gasteiger partial charge in [0.25, 0.3) is 0 Å². The molecule has 1 aliphatic rings. The predicted molar refractivity (Wildman–Crippen MR) is 114 cm³/mol. The van der Waals surface area contributed by atoms with Crippen molar-refractivity contribution in [3.63, 3.8) is 0 Å². The molecular formula is C22H25FN4O4. The Morgan fingerprint density at radius 2 is 1.94 bits per heavy atom. The summed E-state index contributed by atoms with van der Waals surface area (Å²) in [6.45, 7) is 2.12. The fourth-order valence-corrected chi connectivity index (χ4v) is 3.20. The molecule has 1 saturated heterocycles. The molecule has 2 aromatic carbocycles. The molecule has 0 aliphatic carbocycles. The zero-order valence-electron chi connectivity index (χ0n) is 17.5. The summed E-state index contributed by atoms with van der Waals surface area (Å²) < 4.78 is 18.2. The quantitative estimate of drug-likeness (QED) is 0.735. The fraction of sp³-hybridized carbons (Fsp3) is 0.318. The number of urea groups is 1. The Kier molecular flexibility index (Phi) is 7.19. The van der Waals surface area contributed by atoms with E-state index in [-0.39, 0.29) is 44.7 Å². The molecule has 1 heterocycles. The van der Waals surface area contributed by atoms with E-state index < -0.39 is 11.8 Å². The molecule has 1 fully saturated rings. The SMILES string of the molecule is COCCN(CC(=O)N1CC(=O)N(c2ccc(F)cc2)C1)C(=O)Nc1cccc(C)c1. The summed E-state index contributed by atoms with van der Waals surface area (Å²) in [6.07, 6.45) is 0. The summed E-state index contributed by atoms with van der Waals surface area (Å²) in [6, 6.07) is 12.4. The molecule has 0 aromatic heterocycles. The van der Waals surface area contributed by atoms with E-state index in [0.717, 1.165) is 5.56 Å². The minimum absolute atomic E-state index is 0.0426. The molecule has 2 aromatic rings. The molecule has 0 radical (unpaired) electrons. The first-order chi connectivity index (χ1) is 14.9. The van der Waals surface area contributed by atoms with Crippen LogP contribution in [0.1, 0.15) is 5.56 Å². The highest BCUT2D eigenvalue weighted by molar-refractivity contribution is 6.01. The number of nitrogens with one attached hydrogen (secondary N) is 1. The molecule has 0 unspecified atom stereocenters. The van der Waals surface area contributed by atoms with Gasteiger partial charge in [0, 0.05) is 25.0 Å². The van der Waals surface area contributed by atoms with Crippen molar-refractivity contribution >= 4 is 29.2 Å². The first-order valence-corrected chi connectivity index (χ1v) is 9.82. The highest BCUT2D eigenvalue weighted by Crippen LogP contribution is 2.20. The predicted octanol–water partition coefficient (Wildman–Crippen LogP) is 2.45. The number of carbonyl (C=O) groups is 3. The van der Waals surface area contributed by atoms with E-state index in [2.05, 4.69) is 5.32 Å². The first-order valence-electron chi connectivity index (χ1n) is 9.82. The Morgan fingerprint density at radius 1 is 1.19 bits per heavy atom. The molecule has 31 heavy (non-hydrogen) atoms. The topological polar surface area (TPSA) is 82.2 Å². The van der Waals surface area contributed by atoms with Gasteiger partial charge in [0.15, 0.2) is 0 Å². The number of anilines is 2. The average Bonchev–Trinajstić information content (AvgIpc) is 3.13. The van der Waals surface area contributed by atoms with E-state index in [0.29, 0.717) is 11.4 Å². The number of halogens is 1. The van der Waals surface area contributed by atoms with E-state index >= 15 is 0 Å². The van der Waals surface area contributed by atoms with Crippen molar-refractivity contribution in [2.45, 2.75) is 6.92 Å². The maximum atomic E-state index is 13.2. The molecule has 8 nitrogen and oxygen atoms in total. The van der Waals surface area contributed by atoms with Crippen molar-refractivity contribution < 1.29 is 23.5 Å². The van der Waals surface area contributed by atoms with Crippen LogP contribution in [0, 0.1) is 12.7 Å². The van der Waals surface area contributed by atoms with Crippen LogP contribution >= 0.6 is 0 Å². The van der Waals surface area contributed by atoms with Crippen LogP contribution in [0.15, 0.2) is 48.5 Å². The Labute approximate surface area is 180 Å². The maximum absolute atomic E-state index is 13.2. The highest BCUT2D eigenvalue weighted by atomic mass is 19.1. The van der Waals surface area contributed by atoms with Crippen LogP contribution in [0.4, 0.5) is 20.6 Å². The van der Waals surface area contributed by atoms with Gasteiger partial charge in [0.05, 0.1) is 6.61 Å². The number of hydrogen-bond acceptors (Lipinski definition) is 4. The second kappa shape index (κ2) is 10.0. The Morgan fingerprint density at radius 3 is 2.61 bits per heavy atom. The summed E-state index contributed by atoms with van der Waals surface area (Å²) >= 11 is 0. The smallest absolute Gasteiger partial charge is 0.322 e. The van der Waals surface area contributed by atoms with E-state index in [1.165, 1.54) is 46.1 Å². The molecule has 0 spiro atoms. The Hall–Kier alpha value is -3.46. The number of amides is 4. The van der Waals surface area contributed by atoms with E-state index in [4.69, 9.17) is 4.74 Å². The van der Waals surface area contributed by atoms with Crippen molar-refractivity contribution in [2.24, 2.45) is 0 Å². The number of aryl methyl sites for hydroxylation is 1. The fourth-order valence-electron chi connectivity index (χ4n) is 3.20. The van der Waals surface area contributed by atoms with Gasteiger partial charge in [-0.15, -0.1) is 0 Å². The number of methoxy groups -OCH3 is 1. The van der Waals surface area contributed by atoms with Crippen LogP contribution in [0.5, 0.6) is 0 Å². The summed E-state index contributed by atoms with van der Waals surface area (Å²) in [5, 5.41) is 2.78. The van der Waals surface area contributed by atoms with Gasteiger partial charge < -0.3 is 19.9 Å². The lowest BCUT2D eigenvalue weighted by atomic mass is 10.2. The standard InChI is InChI=1S/C22H25FN4O4/c1-16-4-3-5-18(12-16)24-22(30)25(10-11-31-2)13-20(28)26-14-21(29)27(15-26)19-8-6-17(23)7-9-19/h3-9,12H,10-11,13-15H2,1-2H3,(H,24,30).